The second-order valence-corrected chi connectivity index (χ2v) is 3.59. The molecule has 0 amide bonds. The van der Waals surface area contributed by atoms with Gasteiger partial charge in [-0.2, -0.15) is 0 Å². The Morgan fingerprint density at radius 1 is 1.31 bits per heavy atom. The molecule has 0 bridgehead atoms. The van der Waals surface area contributed by atoms with Gasteiger partial charge in [-0.05, 0) is 30.7 Å². The molecule has 0 aromatic heterocycles. The highest BCUT2D eigenvalue weighted by molar-refractivity contribution is 5.26. The van der Waals surface area contributed by atoms with E-state index in [1.54, 1.807) is 12.1 Å². The zero-order valence-corrected chi connectivity index (χ0v) is 7.39. The Morgan fingerprint density at radius 3 is 2.54 bits per heavy atom. The summed E-state index contributed by atoms with van der Waals surface area (Å²) < 4.78 is 12.6. The Kier molecular flexibility index (Phi) is 2.06. The minimum atomic E-state index is -0.298. The van der Waals surface area contributed by atoms with E-state index in [0.29, 0.717) is 0 Å². The minimum absolute atomic E-state index is 0.210. The molecule has 2 nitrogen and oxygen atoms in total. The first kappa shape index (κ1) is 8.66. The lowest BCUT2D eigenvalue weighted by atomic mass is 9.90. The van der Waals surface area contributed by atoms with Gasteiger partial charge >= 0.3 is 0 Å². The lowest BCUT2D eigenvalue weighted by molar-refractivity contribution is 0.492. The van der Waals surface area contributed by atoms with Crippen LogP contribution >= 0.6 is 0 Å². The van der Waals surface area contributed by atoms with Crippen LogP contribution in [0.4, 0.5) is 4.39 Å². The van der Waals surface area contributed by atoms with Crippen LogP contribution in [0.1, 0.15) is 12.0 Å². The number of nitrogens with one attached hydrogen (secondary N) is 1. The van der Waals surface area contributed by atoms with Crippen molar-refractivity contribution in [3.05, 3.63) is 35.6 Å². The summed E-state index contributed by atoms with van der Waals surface area (Å²) in [5.41, 5.74) is 6.86. The third kappa shape index (κ3) is 1.57. The van der Waals surface area contributed by atoms with E-state index >= 15 is 0 Å². The number of benzene rings is 1. The molecular formula is C10H13FN2. The normalized spacial score (nSPS) is 27.8. The maximum absolute atomic E-state index is 12.6. The van der Waals surface area contributed by atoms with E-state index in [9.17, 15) is 4.39 Å². The molecule has 1 unspecified atom stereocenters. The summed E-state index contributed by atoms with van der Waals surface area (Å²) in [5.74, 6) is -0.210. The van der Waals surface area contributed by atoms with Crippen LogP contribution < -0.4 is 11.1 Å². The van der Waals surface area contributed by atoms with Gasteiger partial charge in [0.1, 0.15) is 5.82 Å². The van der Waals surface area contributed by atoms with Crippen molar-refractivity contribution >= 4 is 0 Å². The van der Waals surface area contributed by atoms with E-state index in [1.165, 1.54) is 12.1 Å². The molecule has 1 aromatic carbocycles. The third-order valence-electron chi connectivity index (χ3n) is 2.61. The molecule has 0 aliphatic carbocycles. The quantitative estimate of drug-likeness (QED) is 0.676. The zero-order valence-electron chi connectivity index (χ0n) is 7.39. The monoisotopic (exact) mass is 180 g/mol. The predicted molar refractivity (Wildman–Crippen MR) is 49.8 cm³/mol. The van der Waals surface area contributed by atoms with Crippen molar-refractivity contribution in [1.82, 2.24) is 5.32 Å². The molecule has 1 aliphatic rings. The Bertz CT molecular complexity index is 288. The molecule has 0 saturated carbocycles. The summed E-state index contributed by atoms with van der Waals surface area (Å²) >= 11 is 0. The zero-order chi connectivity index (χ0) is 9.31. The van der Waals surface area contributed by atoms with Gasteiger partial charge in [0.25, 0.3) is 0 Å². The first-order chi connectivity index (χ1) is 6.21. The minimum Gasteiger partial charge on any atom is -0.320 e. The van der Waals surface area contributed by atoms with Crippen molar-refractivity contribution in [2.45, 2.75) is 12.0 Å². The molecule has 2 rings (SSSR count). The molecule has 70 valence electrons. The molecule has 1 heterocycles. The van der Waals surface area contributed by atoms with Crippen LogP contribution in [-0.2, 0) is 5.54 Å². The Morgan fingerprint density at radius 2 is 2.00 bits per heavy atom. The molecule has 3 N–H and O–H groups in total. The van der Waals surface area contributed by atoms with Gasteiger partial charge in [0.15, 0.2) is 0 Å². The fraction of sp³-hybridized carbons (Fsp3) is 0.400. The highest BCUT2D eigenvalue weighted by Crippen LogP contribution is 2.24. The second-order valence-electron chi connectivity index (χ2n) is 3.59. The molecule has 1 saturated heterocycles. The van der Waals surface area contributed by atoms with Gasteiger partial charge in [0.2, 0.25) is 0 Å². The van der Waals surface area contributed by atoms with Gasteiger partial charge in [-0.1, -0.05) is 12.1 Å². The van der Waals surface area contributed by atoms with Crippen molar-refractivity contribution in [3.8, 4) is 0 Å². The van der Waals surface area contributed by atoms with Crippen LogP contribution in [0.5, 0.6) is 0 Å². The van der Waals surface area contributed by atoms with E-state index in [-0.39, 0.29) is 11.4 Å². The first-order valence-electron chi connectivity index (χ1n) is 4.46. The van der Waals surface area contributed by atoms with Gasteiger partial charge in [0.05, 0.1) is 5.54 Å². The molecular weight excluding hydrogens is 167 g/mol. The molecule has 0 spiro atoms. The van der Waals surface area contributed by atoms with E-state index in [1.807, 2.05) is 0 Å². The van der Waals surface area contributed by atoms with Gasteiger partial charge in [-0.3, -0.25) is 0 Å². The van der Waals surface area contributed by atoms with Crippen LogP contribution in [0, 0.1) is 5.82 Å². The van der Waals surface area contributed by atoms with Gasteiger partial charge in [-0.25, -0.2) is 4.39 Å². The summed E-state index contributed by atoms with van der Waals surface area (Å²) in [7, 11) is 0. The number of halogens is 1. The van der Waals surface area contributed by atoms with E-state index in [0.717, 1.165) is 25.1 Å². The summed E-state index contributed by atoms with van der Waals surface area (Å²) in [6, 6.07) is 6.45. The molecule has 1 aromatic rings. The Balaban J connectivity index is 2.29. The van der Waals surface area contributed by atoms with Crippen LogP contribution in [-0.4, -0.2) is 13.1 Å². The van der Waals surface area contributed by atoms with Gasteiger partial charge in [0, 0.05) is 6.54 Å². The van der Waals surface area contributed by atoms with E-state index in [4.69, 9.17) is 5.73 Å². The van der Waals surface area contributed by atoms with Gasteiger partial charge < -0.3 is 11.1 Å². The largest absolute Gasteiger partial charge is 0.320 e. The van der Waals surface area contributed by atoms with Crippen LogP contribution in [0.3, 0.4) is 0 Å². The van der Waals surface area contributed by atoms with Crippen LogP contribution in [0.25, 0.3) is 0 Å². The van der Waals surface area contributed by atoms with Crippen molar-refractivity contribution in [2.24, 2.45) is 5.73 Å². The third-order valence-corrected chi connectivity index (χ3v) is 2.61. The fourth-order valence-corrected chi connectivity index (χ4v) is 1.74. The van der Waals surface area contributed by atoms with Gasteiger partial charge in [-0.15, -0.1) is 0 Å². The van der Waals surface area contributed by atoms with E-state index in [2.05, 4.69) is 5.32 Å². The number of rotatable bonds is 1. The highest BCUT2D eigenvalue weighted by atomic mass is 19.1. The Labute approximate surface area is 76.9 Å². The average molecular weight is 180 g/mol. The average Bonchev–Trinajstić information content (AvgIpc) is 2.54. The molecule has 3 heteroatoms. The SMILES string of the molecule is NC1(c2ccc(F)cc2)CCNC1. The highest BCUT2D eigenvalue weighted by Gasteiger charge is 2.30. The van der Waals surface area contributed by atoms with Crippen molar-refractivity contribution in [1.29, 1.82) is 0 Å². The lowest BCUT2D eigenvalue weighted by Gasteiger charge is -2.22. The van der Waals surface area contributed by atoms with Crippen molar-refractivity contribution in [2.75, 3.05) is 13.1 Å². The first-order valence-corrected chi connectivity index (χ1v) is 4.46. The summed E-state index contributed by atoms with van der Waals surface area (Å²) in [5, 5.41) is 3.21. The summed E-state index contributed by atoms with van der Waals surface area (Å²) in [6.07, 6.45) is 0.915. The van der Waals surface area contributed by atoms with Crippen molar-refractivity contribution in [3.63, 3.8) is 0 Å². The van der Waals surface area contributed by atoms with Crippen LogP contribution in [0.2, 0.25) is 0 Å². The molecule has 1 aliphatic heterocycles. The smallest absolute Gasteiger partial charge is 0.123 e. The maximum atomic E-state index is 12.6. The fourth-order valence-electron chi connectivity index (χ4n) is 1.74. The predicted octanol–water partition coefficient (Wildman–Crippen LogP) is 0.973. The number of nitrogens with two attached hydrogens (primary N) is 1. The standard InChI is InChI=1S/C10H13FN2/c11-9-3-1-8(2-4-9)10(12)5-6-13-7-10/h1-4,13H,5-7,12H2. The number of hydrogen-bond donors (Lipinski definition) is 2. The topological polar surface area (TPSA) is 38.0 Å². The summed E-state index contributed by atoms with van der Waals surface area (Å²) in [6.45, 7) is 1.71. The van der Waals surface area contributed by atoms with Crippen LogP contribution in [0.15, 0.2) is 24.3 Å². The Hall–Kier alpha value is -0.930. The van der Waals surface area contributed by atoms with E-state index < -0.39 is 0 Å². The molecule has 1 atom stereocenters. The number of hydrogen-bond acceptors (Lipinski definition) is 2. The molecule has 1 fully saturated rings. The maximum Gasteiger partial charge on any atom is 0.123 e. The molecule has 0 radical (unpaired) electrons. The lowest BCUT2D eigenvalue weighted by Crippen LogP contribution is -2.38. The molecule has 13 heavy (non-hydrogen) atoms. The van der Waals surface area contributed by atoms with Crippen molar-refractivity contribution < 1.29 is 4.39 Å². The summed E-state index contributed by atoms with van der Waals surface area (Å²) in [4.78, 5) is 0. The second kappa shape index (κ2) is 3.09.